The van der Waals surface area contributed by atoms with Gasteiger partial charge in [0.05, 0.1) is 12.5 Å². The van der Waals surface area contributed by atoms with Gasteiger partial charge in [0.25, 0.3) is 0 Å². The van der Waals surface area contributed by atoms with Gasteiger partial charge in [-0.15, -0.1) is 0 Å². The van der Waals surface area contributed by atoms with Crippen LogP contribution in [0.4, 0.5) is 0 Å². The third-order valence-corrected chi connectivity index (χ3v) is 5.60. The molecule has 0 aliphatic carbocycles. The number of nitrogens with two attached hydrogens (primary N) is 1. The molecule has 32 heavy (non-hydrogen) atoms. The van der Waals surface area contributed by atoms with Crippen molar-refractivity contribution in [3.8, 4) is 0 Å². The Morgan fingerprint density at radius 3 is 1.66 bits per heavy atom. The Kier molecular flexibility index (Phi) is 12.5. The second-order valence-electron chi connectivity index (χ2n) is 8.51. The van der Waals surface area contributed by atoms with E-state index in [4.69, 9.17) is 5.73 Å². The first-order valence-corrected chi connectivity index (χ1v) is 10.9. The summed E-state index contributed by atoms with van der Waals surface area (Å²) in [4.78, 5) is 60.7. The first-order valence-electron chi connectivity index (χ1n) is 10.9. The maximum absolute atomic E-state index is 12.8. The largest absolute Gasteiger partial charge is 0.481 e. The number of aliphatic carboxylic acids is 2. The lowest BCUT2D eigenvalue weighted by atomic mass is 9.96. The average Bonchev–Trinajstić information content (AvgIpc) is 2.72. The van der Waals surface area contributed by atoms with Crippen molar-refractivity contribution in [2.24, 2.45) is 23.5 Å². The summed E-state index contributed by atoms with van der Waals surface area (Å²) in [6.07, 6.45) is 0.386. The fraction of sp³-hybridized carbons (Fsp3) is 0.762. The summed E-state index contributed by atoms with van der Waals surface area (Å²) in [6.45, 7) is 10.3. The van der Waals surface area contributed by atoms with E-state index in [2.05, 4.69) is 16.0 Å². The maximum Gasteiger partial charge on any atom is 0.326 e. The normalized spacial score (nSPS) is 16.8. The molecule has 0 spiro atoms. The van der Waals surface area contributed by atoms with Crippen LogP contribution in [0, 0.1) is 17.8 Å². The standard InChI is InChI=1S/C21H38N4O7/c1-7-11(5)15(22)19(29)23-13(9-14(26)27)18(28)25-17(12(6)8-2)20(30)24-16(10(3)4)21(31)32/h10-13,15-17H,7-9,22H2,1-6H3,(H,23,29)(H,24,30)(H,25,28)(H,26,27)(H,31,32). The highest BCUT2D eigenvalue weighted by atomic mass is 16.4. The first-order chi connectivity index (χ1) is 14.8. The predicted octanol–water partition coefficient (Wildman–Crippen LogP) is 0.0756. The lowest BCUT2D eigenvalue weighted by Crippen LogP contribution is -2.59. The lowest BCUT2D eigenvalue weighted by molar-refractivity contribution is -0.144. The van der Waals surface area contributed by atoms with Crippen molar-refractivity contribution < 1.29 is 34.2 Å². The van der Waals surface area contributed by atoms with Crippen LogP contribution in [0.1, 0.15) is 60.8 Å². The number of rotatable bonds is 14. The van der Waals surface area contributed by atoms with Gasteiger partial charge in [0, 0.05) is 0 Å². The van der Waals surface area contributed by atoms with Gasteiger partial charge in [-0.05, 0) is 17.8 Å². The van der Waals surface area contributed by atoms with E-state index >= 15 is 0 Å². The number of nitrogens with one attached hydrogen (secondary N) is 3. The summed E-state index contributed by atoms with van der Waals surface area (Å²) < 4.78 is 0. The minimum absolute atomic E-state index is 0.189. The topological polar surface area (TPSA) is 188 Å². The molecule has 0 aromatic rings. The Morgan fingerprint density at radius 1 is 0.750 bits per heavy atom. The molecule has 0 saturated heterocycles. The number of carbonyl (C=O) groups is 5. The van der Waals surface area contributed by atoms with Gasteiger partial charge in [-0.3, -0.25) is 19.2 Å². The predicted molar refractivity (Wildman–Crippen MR) is 117 cm³/mol. The zero-order chi connectivity index (χ0) is 25.2. The van der Waals surface area contributed by atoms with Crippen LogP contribution in [-0.4, -0.2) is 64.0 Å². The molecule has 6 atom stereocenters. The van der Waals surface area contributed by atoms with E-state index in [1.807, 2.05) is 6.92 Å². The van der Waals surface area contributed by atoms with E-state index in [0.29, 0.717) is 12.8 Å². The van der Waals surface area contributed by atoms with Crippen LogP contribution < -0.4 is 21.7 Å². The third-order valence-electron chi connectivity index (χ3n) is 5.60. The molecule has 0 aromatic carbocycles. The molecular formula is C21H38N4O7. The molecule has 0 aliphatic rings. The van der Waals surface area contributed by atoms with Crippen LogP contribution in [0.3, 0.4) is 0 Å². The van der Waals surface area contributed by atoms with Crippen molar-refractivity contribution in [3.05, 3.63) is 0 Å². The molecule has 3 amide bonds. The minimum atomic E-state index is -1.45. The number of amides is 3. The molecule has 0 bridgehead atoms. The highest BCUT2D eigenvalue weighted by Gasteiger charge is 2.34. The van der Waals surface area contributed by atoms with Crippen molar-refractivity contribution in [1.29, 1.82) is 0 Å². The van der Waals surface area contributed by atoms with Crippen LogP contribution in [0.5, 0.6) is 0 Å². The van der Waals surface area contributed by atoms with Gasteiger partial charge in [0.1, 0.15) is 18.1 Å². The Labute approximate surface area is 188 Å². The van der Waals surface area contributed by atoms with Crippen LogP contribution in [0.25, 0.3) is 0 Å². The number of carboxylic acid groups (broad SMARTS) is 2. The first kappa shape index (κ1) is 29.3. The van der Waals surface area contributed by atoms with Crippen LogP contribution in [0.15, 0.2) is 0 Å². The molecular weight excluding hydrogens is 420 g/mol. The molecule has 0 fully saturated rings. The van der Waals surface area contributed by atoms with Crippen molar-refractivity contribution in [3.63, 3.8) is 0 Å². The van der Waals surface area contributed by atoms with Gasteiger partial charge in [-0.25, -0.2) is 4.79 Å². The SMILES string of the molecule is CCC(C)C(N)C(=O)NC(CC(=O)O)C(=O)NC(C(=O)NC(C(=O)O)C(C)C)C(C)CC. The number of carboxylic acids is 2. The van der Waals surface area contributed by atoms with E-state index in [1.165, 1.54) is 0 Å². The molecule has 0 heterocycles. The van der Waals surface area contributed by atoms with Crippen LogP contribution in [-0.2, 0) is 24.0 Å². The summed E-state index contributed by atoms with van der Waals surface area (Å²) in [5.41, 5.74) is 5.87. The van der Waals surface area contributed by atoms with Gasteiger partial charge in [0.2, 0.25) is 17.7 Å². The smallest absolute Gasteiger partial charge is 0.326 e. The van der Waals surface area contributed by atoms with Crippen LogP contribution in [0.2, 0.25) is 0 Å². The third kappa shape index (κ3) is 9.21. The number of carbonyl (C=O) groups excluding carboxylic acids is 3. The summed E-state index contributed by atoms with van der Waals surface area (Å²) >= 11 is 0. The number of hydrogen-bond donors (Lipinski definition) is 6. The van der Waals surface area contributed by atoms with E-state index in [9.17, 15) is 34.2 Å². The molecule has 0 rings (SSSR count). The van der Waals surface area contributed by atoms with Gasteiger partial charge in [0.15, 0.2) is 0 Å². The molecule has 0 radical (unpaired) electrons. The summed E-state index contributed by atoms with van der Waals surface area (Å²) in [6, 6.07) is -4.66. The second-order valence-corrected chi connectivity index (χ2v) is 8.51. The monoisotopic (exact) mass is 458 g/mol. The number of hydrogen-bond acceptors (Lipinski definition) is 6. The fourth-order valence-corrected chi connectivity index (χ4v) is 2.88. The Morgan fingerprint density at radius 2 is 1.25 bits per heavy atom. The summed E-state index contributed by atoms with van der Waals surface area (Å²) in [5.74, 6) is -5.74. The van der Waals surface area contributed by atoms with Crippen molar-refractivity contribution >= 4 is 29.7 Å². The Hall–Kier alpha value is -2.69. The Balaban J connectivity index is 5.61. The van der Waals surface area contributed by atoms with Gasteiger partial charge < -0.3 is 31.9 Å². The molecule has 0 aliphatic heterocycles. The molecule has 184 valence electrons. The van der Waals surface area contributed by atoms with Gasteiger partial charge in [-0.2, -0.15) is 0 Å². The van der Waals surface area contributed by atoms with Crippen molar-refractivity contribution in [2.45, 2.75) is 85.0 Å². The van der Waals surface area contributed by atoms with Gasteiger partial charge >= 0.3 is 11.9 Å². The lowest BCUT2D eigenvalue weighted by Gasteiger charge is -2.28. The highest BCUT2D eigenvalue weighted by molar-refractivity contribution is 5.95. The summed E-state index contributed by atoms with van der Waals surface area (Å²) in [5, 5.41) is 25.8. The molecule has 7 N–H and O–H groups in total. The van der Waals surface area contributed by atoms with E-state index in [-0.39, 0.29) is 11.8 Å². The highest BCUT2D eigenvalue weighted by Crippen LogP contribution is 2.12. The zero-order valence-electron chi connectivity index (χ0n) is 19.7. The van der Waals surface area contributed by atoms with E-state index in [0.717, 1.165) is 0 Å². The molecule has 0 saturated carbocycles. The van der Waals surface area contributed by atoms with Crippen molar-refractivity contribution in [2.75, 3.05) is 0 Å². The van der Waals surface area contributed by atoms with Gasteiger partial charge in [-0.1, -0.05) is 54.4 Å². The van der Waals surface area contributed by atoms with E-state index < -0.39 is 66.2 Å². The molecule has 11 heteroatoms. The second kappa shape index (κ2) is 13.7. The molecule has 6 unspecified atom stereocenters. The minimum Gasteiger partial charge on any atom is -0.481 e. The average molecular weight is 459 g/mol. The van der Waals surface area contributed by atoms with Crippen LogP contribution >= 0.6 is 0 Å². The maximum atomic E-state index is 12.8. The van der Waals surface area contributed by atoms with Crippen molar-refractivity contribution in [1.82, 2.24) is 16.0 Å². The fourth-order valence-electron chi connectivity index (χ4n) is 2.88. The zero-order valence-corrected chi connectivity index (χ0v) is 19.7. The summed E-state index contributed by atoms with van der Waals surface area (Å²) in [7, 11) is 0. The molecule has 0 aromatic heterocycles. The molecule has 11 nitrogen and oxygen atoms in total. The Bertz CT molecular complexity index is 683. The quantitative estimate of drug-likeness (QED) is 0.211. The van der Waals surface area contributed by atoms with E-state index in [1.54, 1.807) is 34.6 Å².